The number of aryl methyl sites for hydroxylation is 1. The number of hydrogen-bond acceptors (Lipinski definition) is 4. The van der Waals surface area contributed by atoms with Gasteiger partial charge in [0, 0.05) is 18.3 Å². The van der Waals surface area contributed by atoms with E-state index in [4.69, 9.17) is 0 Å². The molecule has 6 nitrogen and oxygen atoms in total. The van der Waals surface area contributed by atoms with Crippen LogP contribution in [0, 0.1) is 5.92 Å². The van der Waals surface area contributed by atoms with Crippen molar-refractivity contribution in [2.45, 2.75) is 39.5 Å². The van der Waals surface area contributed by atoms with Gasteiger partial charge in [-0.1, -0.05) is 13.8 Å². The molecule has 1 aliphatic carbocycles. The third-order valence-electron chi connectivity index (χ3n) is 3.38. The summed E-state index contributed by atoms with van der Waals surface area (Å²) in [5.74, 6) is -0.698. The minimum Gasteiger partial charge on any atom is -0.272 e. The van der Waals surface area contributed by atoms with Crippen molar-refractivity contribution in [2.24, 2.45) is 13.0 Å². The number of rotatable bonds is 4. The van der Waals surface area contributed by atoms with Gasteiger partial charge in [-0.2, -0.15) is 5.10 Å². The van der Waals surface area contributed by atoms with E-state index in [0.717, 1.165) is 36.9 Å². The topological polar surface area (TPSA) is 81.1 Å². The van der Waals surface area contributed by atoms with Crippen LogP contribution in [0.1, 0.15) is 48.4 Å². The first-order valence-corrected chi connectivity index (χ1v) is 8.55. The van der Waals surface area contributed by atoms with Crippen molar-refractivity contribution >= 4 is 15.9 Å². The van der Waals surface area contributed by atoms with E-state index >= 15 is 0 Å². The molecule has 1 heterocycles. The van der Waals surface area contributed by atoms with Crippen LogP contribution in [-0.4, -0.2) is 29.9 Å². The minimum absolute atomic E-state index is 0.0297. The van der Waals surface area contributed by atoms with Crippen molar-refractivity contribution in [1.29, 1.82) is 0 Å². The molecule has 0 saturated heterocycles. The molecule has 0 spiro atoms. The fraction of sp³-hybridized carbons (Fsp3) is 0.692. The quantitative estimate of drug-likeness (QED) is 0.900. The van der Waals surface area contributed by atoms with Crippen molar-refractivity contribution < 1.29 is 13.2 Å². The number of sulfonamides is 1. The third-order valence-corrected chi connectivity index (χ3v) is 4.98. The number of hydrogen-bond donors (Lipinski definition) is 1. The molecule has 1 aliphatic rings. The smallest absolute Gasteiger partial charge is 0.272 e. The van der Waals surface area contributed by atoms with Gasteiger partial charge >= 0.3 is 0 Å². The molecule has 0 unspecified atom stereocenters. The van der Waals surface area contributed by atoms with Crippen molar-refractivity contribution in [1.82, 2.24) is 14.5 Å². The predicted molar refractivity (Wildman–Crippen MR) is 75.9 cm³/mol. The normalized spacial score (nSPS) is 15.2. The molecule has 1 N–H and O–H groups in total. The second-order valence-electron chi connectivity index (χ2n) is 5.71. The van der Waals surface area contributed by atoms with Crippen LogP contribution in [0.25, 0.3) is 0 Å². The fourth-order valence-electron chi connectivity index (χ4n) is 2.62. The molecule has 7 heteroatoms. The number of carbonyl (C=O) groups is 1. The van der Waals surface area contributed by atoms with E-state index in [9.17, 15) is 13.2 Å². The Morgan fingerprint density at radius 2 is 2.00 bits per heavy atom. The molecular weight excluding hydrogens is 278 g/mol. The van der Waals surface area contributed by atoms with Crippen LogP contribution in [0.2, 0.25) is 0 Å². The summed E-state index contributed by atoms with van der Waals surface area (Å²) in [5, 5.41) is 4.20. The van der Waals surface area contributed by atoms with Crippen LogP contribution in [-0.2, 0) is 29.9 Å². The van der Waals surface area contributed by atoms with E-state index in [1.54, 1.807) is 25.6 Å². The van der Waals surface area contributed by atoms with Crippen LogP contribution < -0.4 is 4.72 Å². The monoisotopic (exact) mass is 299 g/mol. The summed E-state index contributed by atoms with van der Waals surface area (Å²) in [4.78, 5) is 12.2. The summed E-state index contributed by atoms with van der Waals surface area (Å²) in [6.45, 7) is 3.60. The van der Waals surface area contributed by atoms with Crippen LogP contribution in [0.3, 0.4) is 0 Å². The number of nitrogens with one attached hydrogen (secondary N) is 1. The van der Waals surface area contributed by atoms with Gasteiger partial charge in [-0.05, 0) is 31.6 Å². The fourth-order valence-corrected chi connectivity index (χ4v) is 3.96. The lowest BCUT2D eigenvalue weighted by molar-refractivity contribution is 0.0975. The minimum atomic E-state index is -3.59. The molecular formula is C13H21N3O3S. The second-order valence-corrected chi connectivity index (χ2v) is 7.48. The number of amides is 1. The molecule has 112 valence electrons. The highest BCUT2D eigenvalue weighted by atomic mass is 32.2. The highest BCUT2D eigenvalue weighted by Gasteiger charge is 2.26. The van der Waals surface area contributed by atoms with E-state index < -0.39 is 15.9 Å². The summed E-state index contributed by atoms with van der Waals surface area (Å²) < 4.78 is 27.5. The predicted octanol–water partition coefficient (Wildman–Crippen LogP) is 1.01. The highest BCUT2D eigenvalue weighted by Crippen LogP contribution is 2.23. The average Bonchev–Trinajstić information content (AvgIpc) is 2.65. The summed E-state index contributed by atoms with van der Waals surface area (Å²) in [6, 6.07) is 0. The molecule has 0 bridgehead atoms. The average molecular weight is 299 g/mol. The third kappa shape index (κ3) is 3.20. The molecule has 1 amide bonds. The largest absolute Gasteiger partial charge is 0.285 e. The highest BCUT2D eigenvalue weighted by molar-refractivity contribution is 7.90. The summed E-state index contributed by atoms with van der Waals surface area (Å²) in [6.07, 6.45) is 3.78. The van der Waals surface area contributed by atoms with Crippen molar-refractivity contribution in [3.05, 3.63) is 17.0 Å². The van der Waals surface area contributed by atoms with Gasteiger partial charge in [0.05, 0.1) is 5.75 Å². The van der Waals surface area contributed by atoms with Crippen LogP contribution in [0.4, 0.5) is 0 Å². The molecule has 0 saturated carbocycles. The van der Waals surface area contributed by atoms with Crippen LogP contribution >= 0.6 is 0 Å². The Bertz CT molecular complexity index is 617. The standard InChI is InChI=1S/C13H21N3O3S/c1-9(2)8-20(18,19)15-13(17)12-10-6-4-5-7-11(10)16(3)14-12/h9H,4-8H2,1-3H3,(H,15,17). The Labute approximate surface area is 119 Å². The molecule has 0 radical (unpaired) electrons. The zero-order valence-electron chi connectivity index (χ0n) is 12.1. The first kappa shape index (κ1) is 15.0. The number of carbonyl (C=O) groups excluding carboxylic acids is 1. The van der Waals surface area contributed by atoms with Gasteiger partial charge in [0.1, 0.15) is 0 Å². The first-order chi connectivity index (χ1) is 9.30. The van der Waals surface area contributed by atoms with Crippen LogP contribution in [0.5, 0.6) is 0 Å². The zero-order valence-corrected chi connectivity index (χ0v) is 13.0. The Kier molecular flexibility index (Phi) is 4.17. The number of fused-ring (bicyclic) bond motifs is 1. The van der Waals surface area contributed by atoms with Crippen molar-refractivity contribution in [3.8, 4) is 0 Å². The second kappa shape index (κ2) is 5.55. The van der Waals surface area contributed by atoms with Gasteiger partial charge < -0.3 is 0 Å². The maximum absolute atomic E-state index is 12.2. The number of nitrogens with zero attached hydrogens (tertiary/aromatic N) is 2. The lowest BCUT2D eigenvalue weighted by Crippen LogP contribution is -2.34. The lowest BCUT2D eigenvalue weighted by Gasteiger charge is -2.12. The van der Waals surface area contributed by atoms with Gasteiger partial charge in [-0.3, -0.25) is 9.48 Å². The zero-order chi connectivity index (χ0) is 14.9. The van der Waals surface area contributed by atoms with E-state index in [1.807, 2.05) is 0 Å². The molecule has 2 rings (SSSR count). The summed E-state index contributed by atoms with van der Waals surface area (Å²) >= 11 is 0. The molecule has 0 atom stereocenters. The maximum Gasteiger partial charge on any atom is 0.285 e. The summed E-state index contributed by atoms with van der Waals surface area (Å²) in [5.41, 5.74) is 2.20. The molecule has 1 aromatic rings. The molecule has 0 aromatic carbocycles. The Morgan fingerprint density at radius 3 is 2.65 bits per heavy atom. The van der Waals surface area contributed by atoms with Gasteiger partial charge in [0.25, 0.3) is 5.91 Å². The van der Waals surface area contributed by atoms with Gasteiger partial charge in [0.2, 0.25) is 10.0 Å². The van der Waals surface area contributed by atoms with E-state index in [-0.39, 0.29) is 17.4 Å². The first-order valence-electron chi connectivity index (χ1n) is 6.89. The maximum atomic E-state index is 12.2. The van der Waals surface area contributed by atoms with E-state index in [1.165, 1.54) is 0 Å². The molecule has 0 fully saturated rings. The molecule has 0 aliphatic heterocycles. The lowest BCUT2D eigenvalue weighted by atomic mass is 9.95. The Morgan fingerprint density at radius 1 is 1.35 bits per heavy atom. The van der Waals surface area contributed by atoms with Gasteiger partial charge in [-0.25, -0.2) is 13.1 Å². The molecule has 1 aromatic heterocycles. The van der Waals surface area contributed by atoms with Crippen molar-refractivity contribution in [2.75, 3.05) is 5.75 Å². The number of aromatic nitrogens is 2. The molecule has 20 heavy (non-hydrogen) atoms. The van der Waals surface area contributed by atoms with E-state index in [0.29, 0.717) is 0 Å². The Hall–Kier alpha value is -1.37. The Balaban J connectivity index is 2.22. The SMILES string of the molecule is CC(C)CS(=O)(=O)NC(=O)c1nn(C)c2c1CCCC2. The van der Waals surface area contributed by atoms with Gasteiger partial charge in [-0.15, -0.1) is 0 Å². The van der Waals surface area contributed by atoms with Gasteiger partial charge in [0.15, 0.2) is 5.69 Å². The summed E-state index contributed by atoms with van der Waals surface area (Å²) in [7, 11) is -1.80. The van der Waals surface area contributed by atoms with E-state index in [2.05, 4.69) is 9.82 Å². The van der Waals surface area contributed by atoms with Crippen LogP contribution in [0.15, 0.2) is 0 Å². The van der Waals surface area contributed by atoms with Crippen molar-refractivity contribution in [3.63, 3.8) is 0 Å².